The second-order valence-corrected chi connectivity index (χ2v) is 27.8. The molecule has 6 nitrogen and oxygen atoms in total. The topological polar surface area (TPSA) is 65.6 Å². The van der Waals surface area contributed by atoms with Crippen molar-refractivity contribution < 1.29 is 0 Å². The van der Waals surface area contributed by atoms with Gasteiger partial charge in [-0.1, -0.05) is 186 Å². The Balaban J connectivity index is 0.806. The Morgan fingerprint density at radius 3 is 1.36 bits per heavy atom. The molecule has 0 radical (unpaired) electrons. The van der Waals surface area contributed by atoms with Gasteiger partial charge in [-0.2, -0.15) is 10.5 Å². The lowest BCUT2D eigenvalue weighted by molar-refractivity contribution is 0.451. The van der Waals surface area contributed by atoms with Crippen molar-refractivity contribution in [2.45, 2.75) is 51.9 Å². The number of nitrogens with zero attached hydrogens (tertiary/aromatic N) is 6. The minimum absolute atomic E-state index is 0.111. The molecule has 4 heterocycles. The van der Waals surface area contributed by atoms with Gasteiger partial charge < -0.3 is 18.6 Å². The van der Waals surface area contributed by atoms with Gasteiger partial charge in [0.05, 0.1) is 55.6 Å². The monoisotopic (exact) mass is 1200 g/mol. The fourth-order valence-corrected chi connectivity index (χ4v) is 17.2. The summed E-state index contributed by atoms with van der Waals surface area (Å²) in [6.07, 6.45) is 5.78. The van der Waals surface area contributed by atoms with Crippen LogP contribution in [0.15, 0.2) is 261 Å². The molecule has 6 heteroatoms. The molecule has 94 heavy (non-hydrogen) atoms. The summed E-state index contributed by atoms with van der Waals surface area (Å²) in [6, 6.07) is 96.1. The van der Waals surface area contributed by atoms with Crippen molar-refractivity contribution in [1.82, 2.24) is 13.7 Å². The van der Waals surface area contributed by atoms with Crippen LogP contribution in [0.3, 0.4) is 0 Å². The molecule has 3 aliphatic carbocycles. The molecule has 1 unspecified atom stereocenters. The van der Waals surface area contributed by atoms with Gasteiger partial charge in [0.1, 0.15) is 12.1 Å². The molecule has 1 atom stereocenters. The number of rotatable bonds is 6. The van der Waals surface area contributed by atoms with E-state index in [2.05, 4.69) is 314 Å². The lowest BCUT2D eigenvalue weighted by Gasteiger charge is -2.46. The number of fused-ring (bicyclic) bond motifs is 18. The van der Waals surface area contributed by atoms with Crippen LogP contribution in [-0.2, 0) is 10.8 Å². The van der Waals surface area contributed by atoms with Crippen molar-refractivity contribution in [3.63, 3.8) is 0 Å². The summed E-state index contributed by atoms with van der Waals surface area (Å²) in [5, 5.41) is 30.3. The maximum Gasteiger partial charge on any atom is 0.101 e. The number of benzene rings is 12. The normalized spacial score (nSPS) is 16.4. The molecule has 19 rings (SSSR count). The quantitative estimate of drug-likeness (QED) is 0.167. The summed E-state index contributed by atoms with van der Waals surface area (Å²) in [6.45, 7) is 12.6. The Morgan fingerprint density at radius 1 is 0.340 bits per heavy atom. The molecule has 0 amide bonds. The smallest absolute Gasteiger partial charge is 0.101 e. The highest BCUT2D eigenvalue weighted by Crippen LogP contribution is 2.56. The predicted molar refractivity (Wildman–Crippen MR) is 388 cm³/mol. The minimum Gasteiger partial charge on any atom is -0.340 e. The van der Waals surface area contributed by atoms with E-state index in [1.807, 2.05) is 12.1 Å². The number of hydrogen-bond acceptors (Lipinski definition) is 3. The van der Waals surface area contributed by atoms with Crippen molar-refractivity contribution in [3.8, 4) is 62.6 Å². The second kappa shape index (κ2) is 19.4. The van der Waals surface area contributed by atoms with Crippen molar-refractivity contribution in [2.75, 3.05) is 11.4 Å². The Morgan fingerprint density at radius 2 is 0.787 bits per heavy atom. The third kappa shape index (κ3) is 7.45. The molecular weight excluding hydrogens is 1140 g/mol. The van der Waals surface area contributed by atoms with E-state index in [-0.39, 0.29) is 16.2 Å². The number of allylic oxidation sites excluding steroid dienone is 3. The number of aromatic nitrogens is 3. The zero-order valence-electron chi connectivity index (χ0n) is 52.9. The molecule has 1 aliphatic heterocycles. The van der Waals surface area contributed by atoms with Crippen molar-refractivity contribution in [2.24, 2.45) is 5.41 Å². The third-order valence-electron chi connectivity index (χ3n) is 21.9. The number of hydrogen-bond donors (Lipinski definition) is 0. The lowest BCUT2D eigenvalue weighted by Crippen LogP contribution is -2.39. The SMILES string of the molecule is CC12CC=C(c3ccc4c(c3)c3cc5c(cc3n4-c3cc(C#N)c(-n4c6ccc(-c7ccc8c(c7)c7ccccc7n8-c7ccccc7)cc6c6cc7c(cc64)C(C)(C)c4ccccc4-7)cc3C#N)C(C)(C)c3ccccc3-5)C=C1c1ccccc1N(c1ccccc1)C2. The molecule has 4 aliphatic rings. The Hall–Kier alpha value is -11.7. The molecule has 12 aromatic carbocycles. The Labute approximate surface area is 545 Å². The van der Waals surface area contributed by atoms with Gasteiger partial charge in [0, 0.05) is 77.7 Å². The van der Waals surface area contributed by atoms with Crippen molar-refractivity contribution in [3.05, 3.63) is 305 Å². The zero-order valence-corrected chi connectivity index (χ0v) is 52.9. The summed E-state index contributed by atoms with van der Waals surface area (Å²) in [5.41, 5.74) is 28.6. The first kappa shape index (κ1) is 54.1. The van der Waals surface area contributed by atoms with Crippen LogP contribution in [0.5, 0.6) is 0 Å². The molecular formula is C88H62N6. The van der Waals surface area contributed by atoms with E-state index < -0.39 is 0 Å². The molecule has 0 N–H and O–H groups in total. The highest BCUT2D eigenvalue weighted by atomic mass is 15.2. The number of nitriles is 2. The van der Waals surface area contributed by atoms with E-state index in [1.54, 1.807) is 0 Å². The van der Waals surface area contributed by atoms with E-state index in [0.29, 0.717) is 22.5 Å². The number of para-hydroxylation sites is 4. The molecule has 0 spiro atoms. The molecule has 0 bridgehead atoms. The summed E-state index contributed by atoms with van der Waals surface area (Å²) in [5.74, 6) is 0. The summed E-state index contributed by atoms with van der Waals surface area (Å²) < 4.78 is 6.90. The highest BCUT2D eigenvalue weighted by Gasteiger charge is 2.42. The Kier molecular flexibility index (Phi) is 11.2. The average Bonchev–Trinajstić information content (AvgIpc) is 1.51. The average molecular weight is 1200 g/mol. The van der Waals surface area contributed by atoms with Gasteiger partial charge in [0.15, 0.2) is 0 Å². The first-order chi connectivity index (χ1) is 45.9. The molecule has 444 valence electrons. The van der Waals surface area contributed by atoms with Gasteiger partial charge >= 0.3 is 0 Å². The van der Waals surface area contributed by atoms with Gasteiger partial charge in [-0.3, -0.25) is 0 Å². The van der Waals surface area contributed by atoms with Crippen LogP contribution in [0.1, 0.15) is 85.5 Å². The maximum atomic E-state index is 11.8. The van der Waals surface area contributed by atoms with E-state index in [0.717, 1.165) is 84.5 Å². The summed E-state index contributed by atoms with van der Waals surface area (Å²) in [4.78, 5) is 2.49. The van der Waals surface area contributed by atoms with E-state index in [1.165, 1.54) is 88.9 Å². The van der Waals surface area contributed by atoms with Crippen LogP contribution in [0.2, 0.25) is 0 Å². The van der Waals surface area contributed by atoms with Crippen LogP contribution < -0.4 is 4.90 Å². The molecule has 0 saturated heterocycles. The van der Waals surface area contributed by atoms with Crippen LogP contribution in [0.4, 0.5) is 11.4 Å². The fraction of sp³-hybridized carbons (Fsp3) is 0.114. The van der Waals surface area contributed by atoms with Crippen LogP contribution in [0.25, 0.3) is 127 Å². The van der Waals surface area contributed by atoms with Gasteiger partial charge in [-0.05, 0) is 188 Å². The first-order valence-corrected chi connectivity index (χ1v) is 32.8. The molecule has 3 aromatic heterocycles. The first-order valence-electron chi connectivity index (χ1n) is 32.8. The van der Waals surface area contributed by atoms with Crippen molar-refractivity contribution >= 4 is 87.9 Å². The zero-order chi connectivity index (χ0) is 63.1. The minimum atomic E-state index is -0.288. The van der Waals surface area contributed by atoms with Crippen LogP contribution in [0, 0.1) is 28.1 Å². The molecule has 15 aromatic rings. The Bertz CT molecular complexity index is 6020. The third-order valence-corrected chi connectivity index (χ3v) is 21.9. The predicted octanol–water partition coefficient (Wildman–Crippen LogP) is 22.0. The lowest BCUT2D eigenvalue weighted by atomic mass is 9.68. The van der Waals surface area contributed by atoms with E-state index in [9.17, 15) is 10.5 Å². The van der Waals surface area contributed by atoms with Gasteiger partial charge in [-0.25, -0.2) is 0 Å². The summed E-state index contributed by atoms with van der Waals surface area (Å²) >= 11 is 0. The highest BCUT2D eigenvalue weighted by molar-refractivity contribution is 6.16. The fourth-order valence-electron chi connectivity index (χ4n) is 17.2. The van der Waals surface area contributed by atoms with Gasteiger partial charge in [0.25, 0.3) is 0 Å². The largest absolute Gasteiger partial charge is 0.340 e. The van der Waals surface area contributed by atoms with E-state index in [4.69, 9.17) is 0 Å². The maximum absolute atomic E-state index is 11.8. The van der Waals surface area contributed by atoms with Crippen molar-refractivity contribution in [1.29, 1.82) is 10.5 Å². The second-order valence-electron chi connectivity index (χ2n) is 27.8. The molecule has 0 saturated carbocycles. The molecule has 0 fully saturated rings. The van der Waals surface area contributed by atoms with Gasteiger partial charge in [0.2, 0.25) is 0 Å². The van der Waals surface area contributed by atoms with E-state index >= 15 is 0 Å². The number of anilines is 2. The van der Waals surface area contributed by atoms with Crippen LogP contribution in [-0.4, -0.2) is 20.2 Å². The van der Waals surface area contributed by atoms with Gasteiger partial charge in [-0.15, -0.1) is 0 Å². The van der Waals surface area contributed by atoms with Crippen LogP contribution >= 0.6 is 0 Å². The summed E-state index contributed by atoms with van der Waals surface area (Å²) in [7, 11) is 0. The standard InChI is InChI=1S/C88H62N6/c1-86(2)72-28-16-12-24-61(72)65-46-70-68-41-54(53-32-35-79-67(40-53)63-26-14-19-31-78(63)92(79)60-22-10-7-11-23-60)33-36-80(68)93(84(70)48-74(65)86)82-44-58(51-90)83(45-57(82)50-89)94-81-37-34-55(42-69(81)71-47-66-62-25-13-17-29-73(62)87(3,4)75(66)49-85(71)94)56-38-39-88(5)52-91(59-20-8-6-9-21-59)77-30-18-15-27-64(77)76(88)43-56/h6-38,40-49H,39,52H2,1-5H3.